The lowest BCUT2D eigenvalue weighted by Crippen LogP contribution is -2.49. The first-order valence-corrected chi connectivity index (χ1v) is 11.2. The summed E-state index contributed by atoms with van der Waals surface area (Å²) in [6, 6.07) is 21.0. The summed E-state index contributed by atoms with van der Waals surface area (Å²) in [6.45, 7) is 8.52. The van der Waals surface area contributed by atoms with Gasteiger partial charge in [0.1, 0.15) is 5.41 Å². The minimum absolute atomic E-state index is 0.218. The number of hydrogen-bond acceptors (Lipinski definition) is 2. The lowest BCUT2D eigenvalue weighted by molar-refractivity contribution is -0.135. The molecule has 0 radical (unpaired) electrons. The number of hydrogen-bond donors (Lipinski definition) is 0. The molecule has 2 heterocycles. The summed E-state index contributed by atoms with van der Waals surface area (Å²) in [4.78, 5) is 18.8. The number of likely N-dealkylation sites (tertiary alicyclic amines) is 2. The Morgan fingerprint density at radius 3 is 1.90 bits per heavy atom. The highest BCUT2D eigenvalue weighted by Crippen LogP contribution is 2.40. The van der Waals surface area contributed by atoms with Gasteiger partial charge in [-0.3, -0.25) is 9.69 Å². The van der Waals surface area contributed by atoms with Crippen molar-refractivity contribution in [1.29, 1.82) is 0 Å². The van der Waals surface area contributed by atoms with Crippen LogP contribution < -0.4 is 0 Å². The molecule has 2 fully saturated rings. The Morgan fingerprint density at radius 2 is 1.41 bits per heavy atom. The Bertz CT molecular complexity index is 770. The van der Waals surface area contributed by atoms with E-state index in [0.29, 0.717) is 0 Å². The van der Waals surface area contributed by atoms with Gasteiger partial charge in [0, 0.05) is 25.2 Å². The molecule has 1 amide bonds. The first-order valence-electron chi connectivity index (χ1n) is 11.2. The van der Waals surface area contributed by atoms with Crippen LogP contribution in [0.15, 0.2) is 60.7 Å². The highest BCUT2D eigenvalue weighted by Gasteiger charge is 2.46. The van der Waals surface area contributed by atoms with Crippen molar-refractivity contribution in [3.63, 3.8) is 0 Å². The fraction of sp³-hybridized carbons (Fsp3) is 0.500. The summed E-state index contributed by atoms with van der Waals surface area (Å²) < 4.78 is 0. The predicted octanol–water partition coefficient (Wildman–Crippen LogP) is 4.86. The summed E-state index contributed by atoms with van der Waals surface area (Å²) in [5, 5.41) is 0. The van der Waals surface area contributed by atoms with Crippen LogP contribution >= 0.6 is 0 Å². The van der Waals surface area contributed by atoms with Crippen molar-refractivity contribution in [3.8, 4) is 0 Å². The normalized spacial score (nSPS) is 19.6. The van der Waals surface area contributed by atoms with Gasteiger partial charge in [-0.15, -0.1) is 0 Å². The van der Waals surface area contributed by atoms with Gasteiger partial charge in [0.15, 0.2) is 0 Å². The van der Waals surface area contributed by atoms with Gasteiger partial charge >= 0.3 is 0 Å². The summed E-state index contributed by atoms with van der Waals surface area (Å²) in [6.07, 6.45) is 5.53. The van der Waals surface area contributed by atoms with Gasteiger partial charge < -0.3 is 4.90 Å². The van der Waals surface area contributed by atoms with Crippen molar-refractivity contribution < 1.29 is 4.79 Å². The van der Waals surface area contributed by atoms with Crippen LogP contribution in [0.5, 0.6) is 0 Å². The largest absolute Gasteiger partial charge is 0.342 e. The maximum atomic E-state index is 14.1. The van der Waals surface area contributed by atoms with Crippen molar-refractivity contribution in [1.82, 2.24) is 9.80 Å². The van der Waals surface area contributed by atoms with Gasteiger partial charge in [-0.05, 0) is 63.6 Å². The summed E-state index contributed by atoms with van der Waals surface area (Å²) in [5.41, 5.74) is 1.85. The van der Waals surface area contributed by atoms with Crippen LogP contribution in [-0.4, -0.2) is 47.4 Å². The minimum Gasteiger partial charge on any atom is -0.342 e. The average Bonchev–Trinajstić information content (AvgIpc) is 3.39. The summed E-state index contributed by atoms with van der Waals surface area (Å²) in [7, 11) is 0. The second-order valence-electron chi connectivity index (χ2n) is 9.29. The van der Waals surface area contributed by atoms with Gasteiger partial charge in [-0.2, -0.15) is 0 Å². The Morgan fingerprint density at radius 1 is 0.862 bits per heavy atom. The van der Waals surface area contributed by atoms with E-state index in [2.05, 4.69) is 72.2 Å². The molecule has 3 nitrogen and oxygen atoms in total. The van der Waals surface area contributed by atoms with E-state index in [9.17, 15) is 4.79 Å². The second kappa shape index (κ2) is 8.31. The molecule has 4 rings (SSSR count). The van der Waals surface area contributed by atoms with Crippen LogP contribution in [-0.2, 0) is 10.2 Å². The Kier molecular flexibility index (Phi) is 5.78. The number of benzene rings is 2. The third kappa shape index (κ3) is 3.85. The van der Waals surface area contributed by atoms with Crippen LogP contribution in [0.25, 0.3) is 0 Å². The second-order valence-corrected chi connectivity index (χ2v) is 9.29. The molecule has 0 aromatic heterocycles. The number of carbonyl (C=O) groups excluding carboxylic acids is 1. The van der Waals surface area contributed by atoms with Crippen LogP contribution in [0.3, 0.4) is 0 Å². The van der Waals surface area contributed by atoms with Crippen LogP contribution in [0, 0.1) is 0 Å². The Balaban J connectivity index is 1.78. The van der Waals surface area contributed by atoms with Crippen LogP contribution in [0.2, 0.25) is 0 Å². The molecule has 0 spiro atoms. The van der Waals surface area contributed by atoms with Crippen molar-refractivity contribution in [3.05, 3.63) is 71.8 Å². The summed E-state index contributed by atoms with van der Waals surface area (Å²) in [5.74, 6) is 0.282. The molecule has 2 aliphatic heterocycles. The molecule has 2 aliphatic rings. The van der Waals surface area contributed by atoms with Gasteiger partial charge in [-0.1, -0.05) is 60.7 Å². The van der Waals surface area contributed by atoms with Crippen molar-refractivity contribution in [2.45, 2.75) is 56.9 Å². The van der Waals surface area contributed by atoms with Crippen molar-refractivity contribution in [2.75, 3.05) is 26.2 Å². The quantitative estimate of drug-likeness (QED) is 0.703. The number of nitrogens with zero attached hydrogens (tertiary/aromatic N) is 2. The maximum Gasteiger partial charge on any atom is 0.237 e. The molecule has 2 aromatic carbocycles. The zero-order valence-corrected chi connectivity index (χ0v) is 17.9. The molecule has 0 saturated carbocycles. The lowest BCUT2D eigenvalue weighted by atomic mass is 9.70. The fourth-order valence-electron chi connectivity index (χ4n) is 5.33. The predicted molar refractivity (Wildman–Crippen MR) is 119 cm³/mol. The highest BCUT2D eigenvalue weighted by atomic mass is 16.2. The minimum atomic E-state index is -0.620. The standard InChI is InChI=1S/C26H34N2O/c1-25(2)16-11-20-28(25)21-17-26(22-12-5-3-6-13-22,23-14-7-4-8-15-23)24(29)27-18-9-10-19-27/h3-8,12-15H,9-11,16-21H2,1-2H3. The van der Waals surface area contributed by atoms with Crippen molar-refractivity contribution >= 4 is 5.91 Å². The van der Waals surface area contributed by atoms with E-state index in [1.807, 2.05) is 12.1 Å². The average molecular weight is 391 g/mol. The van der Waals surface area contributed by atoms with E-state index in [1.54, 1.807) is 0 Å². The van der Waals surface area contributed by atoms with Gasteiger partial charge in [0.2, 0.25) is 5.91 Å². The third-order valence-corrected chi connectivity index (χ3v) is 7.12. The van der Waals surface area contributed by atoms with E-state index in [1.165, 1.54) is 12.8 Å². The molecule has 0 atom stereocenters. The van der Waals surface area contributed by atoms with Gasteiger partial charge in [0.25, 0.3) is 0 Å². The van der Waals surface area contributed by atoms with E-state index < -0.39 is 5.41 Å². The fourth-order valence-corrected chi connectivity index (χ4v) is 5.33. The van der Waals surface area contributed by atoms with Crippen molar-refractivity contribution in [2.24, 2.45) is 0 Å². The molecule has 2 aromatic rings. The smallest absolute Gasteiger partial charge is 0.237 e. The Hall–Kier alpha value is -2.13. The maximum absolute atomic E-state index is 14.1. The third-order valence-electron chi connectivity index (χ3n) is 7.12. The topological polar surface area (TPSA) is 23.6 Å². The van der Waals surface area contributed by atoms with E-state index in [4.69, 9.17) is 0 Å². The molecule has 2 saturated heterocycles. The van der Waals surface area contributed by atoms with Crippen LogP contribution in [0.4, 0.5) is 0 Å². The molecule has 0 bridgehead atoms. The SMILES string of the molecule is CC1(C)CCCN1CCC(C(=O)N1CCCC1)(c1ccccc1)c1ccccc1. The first kappa shape index (κ1) is 20.2. The molecular formula is C26H34N2O. The zero-order chi connectivity index (χ0) is 20.3. The molecule has 3 heteroatoms. The molecule has 0 aliphatic carbocycles. The number of amides is 1. The van der Waals surface area contributed by atoms with Gasteiger partial charge in [0.05, 0.1) is 0 Å². The molecule has 154 valence electrons. The molecule has 0 unspecified atom stereocenters. The van der Waals surface area contributed by atoms with E-state index >= 15 is 0 Å². The number of carbonyl (C=O) groups is 1. The highest BCUT2D eigenvalue weighted by molar-refractivity contribution is 5.92. The molecule has 29 heavy (non-hydrogen) atoms. The number of rotatable bonds is 6. The van der Waals surface area contributed by atoms with E-state index in [-0.39, 0.29) is 11.4 Å². The van der Waals surface area contributed by atoms with Gasteiger partial charge in [-0.25, -0.2) is 0 Å². The molecule has 0 N–H and O–H groups in total. The van der Waals surface area contributed by atoms with E-state index in [0.717, 1.165) is 56.6 Å². The summed E-state index contributed by atoms with van der Waals surface area (Å²) >= 11 is 0. The van der Waals surface area contributed by atoms with Crippen LogP contribution in [0.1, 0.15) is 57.1 Å². The Labute approximate surface area is 175 Å². The first-order chi connectivity index (χ1) is 14.0. The molecular weight excluding hydrogens is 356 g/mol. The lowest BCUT2D eigenvalue weighted by Gasteiger charge is -2.40. The monoisotopic (exact) mass is 390 g/mol. The zero-order valence-electron chi connectivity index (χ0n) is 17.9.